The van der Waals surface area contributed by atoms with Crippen molar-refractivity contribution in [3.63, 3.8) is 0 Å². The average molecular weight is 562 g/mol. The monoisotopic (exact) mass is 561 g/mol. The molecule has 8 heteroatoms. The molecule has 3 aromatic rings. The summed E-state index contributed by atoms with van der Waals surface area (Å²) >= 11 is 1.56. The maximum absolute atomic E-state index is 14.5. The molecule has 2 fully saturated rings. The van der Waals surface area contributed by atoms with Crippen LogP contribution in [0.25, 0.3) is 0 Å². The van der Waals surface area contributed by atoms with Gasteiger partial charge in [0.05, 0.1) is 12.0 Å². The Bertz CT molecular complexity index is 1370. The minimum atomic E-state index is -0.794. The molecule has 4 unspecified atom stereocenters. The molecule has 5 rings (SSSR count). The Labute approximate surface area is 240 Å². The lowest BCUT2D eigenvalue weighted by Crippen LogP contribution is -2.55. The SMILES string of the molecule is Cc1ccc(C2C(C(=O)c3ccc(C)o3)C(c3sccc3C)C(C(=O)N3CCNCC3)N2C(=O)CC(C)C)cc1. The molecule has 1 N–H and O–H groups in total. The number of likely N-dealkylation sites (tertiary alicyclic amines) is 1. The molecule has 2 aliphatic rings. The summed E-state index contributed by atoms with van der Waals surface area (Å²) in [5.74, 6) is -0.511. The van der Waals surface area contributed by atoms with Gasteiger partial charge >= 0.3 is 0 Å². The van der Waals surface area contributed by atoms with Gasteiger partial charge in [-0.1, -0.05) is 43.7 Å². The third kappa shape index (κ3) is 5.39. The van der Waals surface area contributed by atoms with Crippen molar-refractivity contribution in [1.29, 1.82) is 0 Å². The van der Waals surface area contributed by atoms with Gasteiger partial charge in [0.25, 0.3) is 0 Å². The molecular weight excluding hydrogens is 522 g/mol. The Morgan fingerprint density at radius 1 is 1.00 bits per heavy atom. The number of nitrogens with one attached hydrogen (secondary N) is 1. The maximum atomic E-state index is 14.5. The Morgan fingerprint density at radius 2 is 1.70 bits per heavy atom. The third-order valence-corrected chi connectivity index (χ3v) is 9.25. The molecule has 7 nitrogen and oxygen atoms in total. The van der Waals surface area contributed by atoms with Crippen molar-refractivity contribution in [3.05, 3.63) is 80.9 Å². The Balaban J connectivity index is 1.75. The van der Waals surface area contributed by atoms with Gasteiger partial charge in [0.15, 0.2) is 5.76 Å². The van der Waals surface area contributed by atoms with Gasteiger partial charge in [0, 0.05) is 43.4 Å². The first-order valence-electron chi connectivity index (χ1n) is 14.2. The number of rotatable bonds is 7. The Kier molecular flexibility index (Phi) is 8.29. The van der Waals surface area contributed by atoms with Gasteiger partial charge in [-0.25, -0.2) is 0 Å². The number of Topliss-reactive ketones (excluding diaryl/α,β-unsaturated/α-hetero) is 1. The Hall–Kier alpha value is -3.23. The van der Waals surface area contributed by atoms with Crippen LogP contribution in [-0.2, 0) is 9.59 Å². The molecule has 1 aromatic carbocycles. The van der Waals surface area contributed by atoms with Crippen LogP contribution in [0.3, 0.4) is 0 Å². The highest BCUT2D eigenvalue weighted by Crippen LogP contribution is 2.53. The number of hydrogen-bond acceptors (Lipinski definition) is 6. The molecule has 2 aliphatic heterocycles. The van der Waals surface area contributed by atoms with Crippen molar-refractivity contribution in [1.82, 2.24) is 15.1 Å². The number of ketones is 1. The van der Waals surface area contributed by atoms with Crippen LogP contribution in [0.2, 0.25) is 0 Å². The van der Waals surface area contributed by atoms with E-state index in [1.54, 1.807) is 28.4 Å². The van der Waals surface area contributed by atoms with E-state index in [-0.39, 0.29) is 29.3 Å². The number of furan rings is 1. The van der Waals surface area contributed by atoms with E-state index in [1.807, 2.05) is 75.2 Å². The second-order valence-corrected chi connectivity index (χ2v) is 12.5. The van der Waals surface area contributed by atoms with Crippen molar-refractivity contribution >= 4 is 28.9 Å². The molecule has 4 heterocycles. The first kappa shape index (κ1) is 28.3. The minimum Gasteiger partial charge on any atom is -0.458 e. The van der Waals surface area contributed by atoms with Gasteiger partial charge in [-0.2, -0.15) is 0 Å². The first-order valence-corrected chi connectivity index (χ1v) is 15.1. The molecule has 0 saturated carbocycles. The van der Waals surface area contributed by atoms with E-state index in [4.69, 9.17) is 4.42 Å². The summed E-state index contributed by atoms with van der Waals surface area (Å²) in [4.78, 5) is 47.9. The number of hydrogen-bond donors (Lipinski definition) is 1. The Morgan fingerprint density at radius 3 is 2.27 bits per heavy atom. The zero-order valence-electron chi connectivity index (χ0n) is 24.0. The summed E-state index contributed by atoms with van der Waals surface area (Å²) in [6.07, 6.45) is 0.296. The number of aryl methyl sites for hydroxylation is 3. The third-order valence-electron chi connectivity index (χ3n) is 8.13. The average Bonchev–Trinajstić information content (AvgIpc) is 3.65. The van der Waals surface area contributed by atoms with Crippen LogP contribution < -0.4 is 5.32 Å². The van der Waals surface area contributed by atoms with E-state index in [0.29, 0.717) is 38.4 Å². The van der Waals surface area contributed by atoms with E-state index in [0.717, 1.165) is 21.6 Å². The normalized spacial score (nSPS) is 23.1. The smallest absolute Gasteiger partial charge is 0.246 e. The number of amides is 2. The molecule has 0 aliphatic carbocycles. The van der Waals surface area contributed by atoms with E-state index in [2.05, 4.69) is 5.32 Å². The lowest BCUT2D eigenvalue weighted by atomic mass is 9.78. The van der Waals surface area contributed by atoms with Crippen molar-refractivity contribution < 1.29 is 18.8 Å². The number of carbonyl (C=O) groups excluding carboxylic acids is 3. The van der Waals surface area contributed by atoms with Gasteiger partial charge in [0.2, 0.25) is 17.6 Å². The molecule has 0 spiro atoms. The fraction of sp³-hybridized carbons (Fsp3) is 0.469. The quantitative estimate of drug-likeness (QED) is 0.397. The second-order valence-electron chi connectivity index (χ2n) is 11.6. The van der Waals surface area contributed by atoms with Crippen molar-refractivity contribution in [2.24, 2.45) is 11.8 Å². The van der Waals surface area contributed by atoms with Gasteiger partial charge < -0.3 is 19.5 Å². The fourth-order valence-corrected chi connectivity index (χ4v) is 7.33. The standard InChI is InChI=1S/C32H39N3O4S/c1-19(2)18-25(36)35-28(23-9-6-20(3)7-10-23)26(30(37)24-11-8-22(5)39-24)27(31-21(4)12-17-40-31)29(35)32(38)34-15-13-33-14-16-34/h6-12,17,19,26-29,33H,13-16,18H2,1-5H3. The second kappa shape index (κ2) is 11.7. The van der Waals surface area contributed by atoms with Gasteiger partial charge in [-0.05, 0) is 61.4 Å². The zero-order valence-corrected chi connectivity index (χ0v) is 24.8. The van der Waals surface area contributed by atoms with Gasteiger partial charge in [0.1, 0.15) is 11.8 Å². The zero-order chi connectivity index (χ0) is 28.6. The summed E-state index contributed by atoms with van der Waals surface area (Å²) in [5, 5.41) is 5.33. The summed E-state index contributed by atoms with van der Waals surface area (Å²) < 4.78 is 5.88. The molecule has 212 valence electrons. The van der Waals surface area contributed by atoms with Gasteiger partial charge in [-0.3, -0.25) is 14.4 Å². The van der Waals surface area contributed by atoms with E-state index in [1.165, 1.54) is 0 Å². The predicted molar refractivity (Wildman–Crippen MR) is 157 cm³/mol. The lowest BCUT2D eigenvalue weighted by Gasteiger charge is -2.36. The summed E-state index contributed by atoms with van der Waals surface area (Å²) in [6, 6.07) is 12.2. The highest BCUT2D eigenvalue weighted by Gasteiger charge is 2.59. The molecule has 2 saturated heterocycles. The molecule has 0 radical (unpaired) electrons. The molecular formula is C32H39N3O4S. The summed E-state index contributed by atoms with van der Waals surface area (Å²) in [5.41, 5.74) is 2.98. The lowest BCUT2D eigenvalue weighted by molar-refractivity contribution is -0.146. The van der Waals surface area contributed by atoms with Crippen molar-refractivity contribution in [2.75, 3.05) is 26.2 Å². The molecule has 2 amide bonds. The number of benzene rings is 1. The van der Waals surface area contributed by atoms with E-state index in [9.17, 15) is 14.4 Å². The largest absolute Gasteiger partial charge is 0.458 e. The maximum Gasteiger partial charge on any atom is 0.246 e. The van der Waals surface area contributed by atoms with Crippen LogP contribution in [0.4, 0.5) is 0 Å². The van der Waals surface area contributed by atoms with Crippen LogP contribution in [0.15, 0.2) is 52.3 Å². The minimum absolute atomic E-state index is 0.0838. The van der Waals surface area contributed by atoms with Crippen LogP contribution >= 0.6 is 11.3 Å². The van der Waals surface area contributed by atoms with Crippen LogP contribution in [0.5, 0.6) is 0 Å². The number of piperazine rings is 1. The van der Waals surface area contributed by atoms with Crippen LogP contribution in [-0.4, -0.2) is 59.6 Å². The highest BCUT2D eigenvalue weighted by atomic mass is 32.1. The predicted octanol–water partition coefficient (Wildman–Crippen LogP) is 5.28. The van der Waals surface area contributed by atoms with E-state index < -0.39 is 23.9 Å². The fourth-order valence-electron chi connectivity index (χ4n) is 6.22. The van der Waals surface area contributed by atoms with Crippen molar-refractivity contribution in [3.8, 4) is 0 Å². The number of thiophene rings is 1. The highest BCUT2D eigenvalue weighted by molar-refractivity contribution is 7.10. The van der Waals surface area contributed by atoms with Crippen molar-refractivity contribution in [2.45, 2.75) is 59.0 Å². The molecule has 40 heavy (non-hydrogen) atoms. The molecule has 4 atom stereocenters. The van der Waals surface area contributed by atoms with Gasteiger partial charge in [-0.15, -0.1) is 11.3 Å². The summed E-state index contributed by atoms with van der Waals surface area (Å²) in [6.45, 7) is 12.4. The van der Waals surface area contributed by atoms with Crippen LogP contribution in [0, 0.1) is 32.6 Å². The van der Waals surface area contributed by atoms with Crippen LogP contribution in [0.1, 0.15) is 70.1 Å². The summed E-state index contributed by atoms with van der Waals surface area (Å²) in [7, 11) is 0. The first-order chi connectivity index (χ1) is 19.2. The number of nitrogens with zero attached hydrogens (tertiary/aromatic N) is 2. The number of carbonyl (C=O) groups is 3. The van der Waals surface area contributed by atoms with E-state index >= 15 is 0 Å². The topological polar surface area (TPSA) is 82.9 Å². The molecule has 2 aromatic heterocycles. The molecule has 0 bridgehead atoms.